The molecule has 0 unspecified atom stereocenters. The smallest absolute Gasteiger partial charge is 0.251 e. The molecule has 0 saturated carbocycles. The molecule has 3 nitrogen and oxygen atoms in total. The second-order valence-electron chi connectivity index (χ2n) is 6.40. The lowest BCUT2D eigenvalue weighted by Gasteiger charge is -2.39. The van der Waals surface area contributed by atoms with Gasteiger partial charge in [-0.15, -0.1) is 0 Å². The van der Waals surface area contributed by atoms with E-state index in [9.17, 15) is 9.18 Å². The van der Waals surface area contributed by atoms with Gasteiger partial charge in [0.2, 0.25) is 0 Å². The molecule has 1 amide bonds. The van der Waals surface area contributed by atoms with E-state index in [0.29, 0.717) is 25.3 Å². The molecule has 0 aliphatic carbocycles. The van der Waals surface area contributed by atoms with Crippen molar-refractivity contribution >= 4 is 5.91 Å². The Bertz CT molecular complexity index is 706. The van der Waals surface area contributed by atoms with Crippen molar-refractivity contribution in [3.05, 3.63) is 71.0 Å². The number of amides is 1. The van der Waals surface area contributed by atoms with Gasteiger partial charge < -0.3 is 10.1 Å². The average Bonchev–Trinajstić information content (AvgIpc) is 2.61. The third-order valence-corrected chi connectivity index (χ3v) is 4.86. The molecule has 0 radical (unpaired) electrons. The summed E-state index contributed by atoms with van der Waals surface area (Å²) in [5.74, 6) is -0.512. The molecule has 4 heteroatoms. The van der Waals surface area contributed by atoms with Crippen molar-refractivity contribution in [3.63, 3.8) is 0 Å². The first kappa shape index (κ1) is 16.7. The van der Waals surface area contributed by atoms with Gasteiger partial charge in [0.15, 0.2) is 0 Å². The van der Waals surface area contributed by atoms with Crippen LogP contribution in [0.3, 0.4) is 0 Å². The van der Waals surface area contributed by atoms with Crippen molar-refractivity contribution in [2.45, 2.75) is 25.2 Å². The minimum absolute atomic E-state index is 0.112. The average molecular weight is 327 g/mol. The lowest BCUT2D eigenvalue weighted by Crippen LogP contribution is -2.45. The fourth-order valence-corrected chi connectivity index (χ4v) is 3.42. The van der Waals surface area contributed by atoms with Gasteiger partial charge in [-0.3, -0.25) is 4.79 Å². The molecule has 24 heavy (non-hydrogen) atoms. The Morgan fingerprint density at radius 1 is 1.12 bits per heavy atom. The van der Waals surface area contributed by atoms with E-state index in [0.717, 1.165) is 12.8 Å². The molecule has 1 saturated heterocycles. The molecule has 3 rings (SSSR count). The van der Waals surface area contributed by atoms with E-state index in [1.165, 1.54) is 35.4 Å². The van der Waals surface area contributed by atoms with E-state index in [4.69, 9.17) is 4.74 Å². The van der Waals surface area contributed by atoms with Gasteiger partial charge in [-0.1, -0.05) is 24.3 Å². The minimum atomic E-state index is -0.340. The quantitative estimate of drug-likeness (QED) is 0.931. The third kappa shape index (κ3) is 3.49. The summed E-state index contributed by atoms with van der Waals surface area (Å²) in [6.07, 6.45) is 1.75. The van der Waals surface area contributed by atoms with E-state index in [-0.39, 0.29) is 17.1 Å². The van der Waals surface area contributed by atoms with E-state index in [1.54, 1.807) is 0 Å². The third-order valence-electron chi connectivity index (χ3n) is 4.86. The van der Waals surface area contributed by atoms with Crippen molar-refractivity contribution in [1.82, 2.24) is 5.32 Å². The van der Waals surface area contributed by atoms with E-state index in [2.05, 4.69) is 24.4 Å². The van der Waals surface area contributed by atoms with Crippen LogP contribution in [0.1, 0.15) is 34.3 Å². The van der Waals surface area contributed by atoms with E-state index in [1.807, 2.05) is 12.1 Å². The SMILES string of the molecule is Cc1ccccc1C1(CNC(=O)c2ccc(F)cc2)CCOCC1. The number of aryl methyl sites for hydroxylation is 1. The summed E-state index contributed by atoms with van der Waals surface area (Å²) in [7, 11) is 0. The summed E-state index contributed by atoms with van der Waals surface area (Å²) >= 11 is 0. The zero-order valence-electron chi connectivity index (χ0n) is 13.8. The van der Waals surface area contributed by atoms with Crippen LogP contribution >= 0.6 is 0 Å². The van der Waals surface area contributed by atoms with Crippen molar-refractivity contribution in [3.8, 4) is 0 Å². The first-order valence-corrected chi connectivity index (χ1v) is 8.28. The summed E-state index contributed by atoms with van der Waals surface area (Å²) in [6, 6.07) is 14.0. The van der Waals surface area contributed by atoms with Crippen LogP contribution in [0.4, 0.5) is 4.39 Å². The van der Waals surface area contributed by atoms with Crippen LogP contribution in [0, 0.1) is 12.7 Å². The molecule has 1 heterocycles. The van der Waals surface area contributed by atoms with Gasteiger partial charge in [0.1, 0.15) is 5.82 Å². The lowest BCUT2D eigenvalue weighted by molar-refractivity contribution is 0.0485. The Morgan fingerprint density at radius 2 is 1.79 bits per heavy atom. The highest BCUT2D eigenvalue weighted by atomic mass is 19.1. The predicted octanol–water partition coefficient (Wildman–Crippen LogP) is 3.61. The van der Waals surface area contributed by atoms with Gasteiger partial charge in [-0.2, -0.15) is 0 Å². The molecule has 2 aromatic carbocycles. The molecule has 126 valence electrons. The zero-order valence-corrected chi connectivity index (χ0v) is 13.8. The van der Waals surface area contributed by atoms with E-state index >= 15 is 0 Å². The standard InChI is InChI=1S/C20H22FNO2/c1-15-4-2-3-5-18(15)20(10-12-24-13-11-20)14-22-19(23)16-6-8-17(21)9-7-16/h2-9H,10-14H2,1H3,(H,22,23). The first-order chi connectivity index (χ1) is 11.6. The van der Waals surface area contributed by atoms with E-state index < -0.39 is 0 Å². The normalized spacial score (nSPS) is 16.6. The van der Waals surface area contributed by atoms with Crippen LogP contribution in [-0.2, 0) is 10.2 Å². The molecular weight excluding hydrogens is 305 g/mol. The summed E-state index contributed by atoms with van der Waals surface area (Å²) in [6.45, 7) is 4.05. The number of nitrogens with one attached hydrogen (secondary N) is 1. The Morgan fingerprint density at radius 3 is 2.46 bits per heavy atom. The summed E-state index contributed by atoms with van der Waals surface area (Å²) in [5.41, 5.74) is 2.87. The largest absolute Gasteiger partial charge is 0.381 e. The van der Waals surface area contributed by atoms with Crippen molar-refractivity contribution in [2.24, 2.45) is 0 Å². The number of rotatable bonds is 4. The lowest BCUT2D eigenvalue weighted by atomic mass is 9.72. The van der Waals surface area contributed by atoms with Gasteiger partial charge in [0.25, 0.3) is 5.91 Å². The molecular formula is C20H22FNO2. The topological polar surface area (TPSA) is 38.3 Å². The monoisotopic (exact) mass is 327 g/mol. The number of hydrogen-bond acceptors (Lipinski definition) is 2. The van der Waals surface area contributed by atoms with Crippen molar-refractivity contribution < 1.29 is 13.9 Å². The number of halogens is 1. The molecule has 1 aliphatic rings. The number of benzene rings is 2. The molecule has 1 N–H and O–H groups in total. The van der Waals surface area contributed by atoms with Crippen LogP contribution < -0.4 is 5.32 Å². The maximum Gasteiger partial charge on any atom is 0.251 e. The summed E-state index contributed by atoms with van der Waals surface area (Å²) in [4.78, 5) is 12.4. The van der Waals surface area contributed by atoms with Crippen LogP contribution in [0.15, 0.2) is 48.5 Å². The van der Waals surface area contributed by atoms with Gasteiger partial charge in [0.05, 0.1) is 0 Å². The van der Waals surface area contributed by atoms with Gasteiger partial charge in [-0.05, 0) is 55.2 Å². The molecule has 0 bridgehead atoms. The Kier molecular flexibility index (Phi) is 4.95. The summed E-state index contributed by atoms with van der Waals surface area (Å²) < 4.78 is 18.5. The van der Waals surface area contributed by atoms with Crippen LogP contribution in [0.5, 0.6) is 0 Å². The Labute approximate surface area is 141 Å². The highest BCUT2D eigenvalue weighted by molar-refractivity contribution is 5.94. The number of hydrogen-bond donors (Lipinski definition) is 1. The fraction of sp³-hybridized carbons (Fsp3) is 0.350. The van der Waals surface area contributed by atoms with Crippen molar-refractivity contribution in [1.29, 1.82) is 0 Å². The number of carbonyl (C=O) groups excluding carboxylic acids is 1. The first-order valence-electron chi connectivity index (χ1n) is 8.28. The van der Waals surface area contributed by atoms with Crippen LogP contribution in [-0.4, -0.2) is 25.7 Å². The number of ether oxygens (including phenoxy) is 1. The fourth-order valence-electron chi connectivity index (χ4n) is 3.42. The minimum Gasteiger partial charge on any atom is -0.381 e. The highest BCUT2D eigenvalue weighted by Gasteiger charge is 2.35. The molecule has 1 fully saturated rings. The molecule has 0 aromatic heterocycles. The second kappa shape index (κ2) is 7.14. The van der Waals surface area contributed by atoms with Crippen LogP contribution in [0.2, 0.25) is 0 Å². The van der Waals surface area contributed by atoms with Gasteiger partial charge in [-0.25, -0.2) is 4.39 Å². The molecule has 0 atom stereocenters. The Balaban J connectivity index is 1.79. The number of carbonyl (C=O) groups is 1. The summed E-state index contributed by atoms with van der Waals surface area (Å²) in [5, 5.41) is 3.04. The molecule has 1 aliphatic heterocycles. The second-order valence-corrected chi connectivity index (χ2v) is 6.40. The van der Waals surface area contributed by atoms with Gasteiger partial charge >= 0.3 is 0 Å². The Hall–Kier alpha value is -2.20. The highest BCUT2D eigenvalue weighted by Crippen LogP contribution is 2.36. The predicted molar refractivity (Wildman–Crippen MR) is 91.6 cm³/mol. The maximum atomic E-state index is 13.0. The van der Waals surface area contributed by atoms with Crippen LogP contribution in [0.25, 0.3) is 0 Å². The van der Waals surface area contributed by atoms with Gasteiger partial charge in [0, 0.05) is 30.7 Å². The maximum absolute atomic E-state index is 13.0. The van der Waals surface area contributed by atoms with Crippen molar-refractivity contribution in [2.75, 3.05) is 19.8 Å². The molecule has 0 spiro atoms. The zero-order chi connectivity index (χ0) is 17.0. The molecule has 2 aromatic rings.